The van der Waals surface area contributed by atoms with Gasteiger partial charge in [-0.2, -0.15) is 0 Å². The van der Waals surface area contributed by atoms with E-state index in [-0.39, 0.29) is 5.56 Å². The number of ether oxygens (including phenoxy) is 1. The van der Waals surface area contributed by atoms with Crippen LogP contribution in [0.5, 0.6) is 5.75 Å². The highest BCUT2D eigenvalue weighted by molar-refractivity contribution is 5.94. The Morgan fingerprint density at radius 2 is 1.76 bits per heavy atom. The van der Waals surface area contributed by atoms with E-state index in [1.807, 2.05) is 32.0 Å². The monoisotopic (exact) mass is 287 g/mol. The third kappa shape index (κ3) is 3.81. The molecular weight excluding hydrogens is 269 g/mol. The topological polar surface area (TPSA) is 38.3 Å². The summed E-state index contributed by atoms with van der Waals surface area (Å²) in [5, 5.41) is 2.65. The van der Waals surface area contributed by atoms with Gasteiger partial charge in [0, 0.05) is 0 Å². The van der Waals surface area contributed by atoms with Crippen molar-refractivity contribution in [3.05, 3.63) is 65.0 Å². The van der Waals surface area contributed by atoms with Gasteiger partial charge in [-0.1, -0.05) is 30.3 Å². The second kappa shape index (κ2) is 6.88. The van der Waals surface area contributed by atoms with E-state index in [2.05, 4.69) is 5.32 Å². The van der Waals surface area contributed by atoms with Gasteiger partial charge in [0.1, 0.15) is 18.2 Å². The number of rotatable bonds is 5. The molecule has 0 fully saturated rings. The predicted molar refractivity (Wildman–Crippen MR) is 80.1 cm³/mol. The van der Waals surface area contributed by atoms with Crippen molar-refractivity contribution in [2.75, 3.05) is 13.2 Å². The van der Waals surface area contributed by atoms with Crippen molar-refractivity contribution in [2.24, 2.45) is 0 Å². The Morgan fingerprint density at radius 1 is 1.10 bits per heavy atom. The molecule has 0 spiro atoms. The summed E-state index contributed by atoms with van der Waals surface area (Å²) < 4.78 is 19.1. The zero-order chi connectivity index (χ0) is 15.2. The molecule has 0 saturated carbocycles. The average molecular weight is 287 g/mol. The van der Waals surface area contributed by atoms with E-state index in [9.17, 15) is 9.18 Å². The van der Waals surface area contributed by atoms with Gasteiger partial charge < -0.3 is 10.1 Å². The van der Waals surface area contributed by atoms with E-state index >= 15 is 0 Å². The first kappa shape index (κ1) is 15.0. The summed E-state index contributed by atoms with van der Waals surface area (Å²) in [5.41, 5.74) is 2.15. The average Bonchev–Trinajstić information content (AvgIpc) is 2.46. The van der Waals surface area contributed by atoms with Gasteiger partial charge in [0.15, 0.2) is 0 Å². The highest BCUT2D eigenvalue weighted by Crippen LogP contribution is 2.21. The van der Waals surface area contributed by atoms with Crippen molar-refractivity contribution in [3.63, 3.8) is 0 Å². The Bertz CT molecular complexity index is 620. The molecular formula is C17H18FNO2. The van der Waals surface area contributed by atoms with Crippen LogP contribution in [0.25, 0.3) is 0 Å². The third-order valence-corrected chi connectivity index (χ3v) is 3.16. The number of hydrogen-bond donors (Lipinski definition) is 1. The number of carbonyl (C=O) groups is 1. The summed E-state index contributed by atoms with van der Waals surface area (Å²) in [6.45, 7) is 4.60. The van der Waals surface area contributed by atoms with Gasteiger partial charge in [-0.25, -0.2) is 4.39 Å². The molecule has 21 heavy (non-hydrogen) atoms. The Kier molecular flexibility index (Phi) is 4.93. The van der Waals surface area contributed by atoms with Crippen LogP contribution in [-0.2, 0) is 0 Å². The summed E-state index contributed by atoms with van der Waals surface area (Å²) in [7, 11) is 0. The van der Waals surface area contributed by atoms with Gasteiger partial charge in [-0.15, -0.1) is 0 Å². The van der Waals surface area contributed by atoms with Gasteiger partial charge in [0.05, 0.1) is 12.1 Å². The smallest absolute Gasteiger partial charge is 0.254 e. The molecule has 0 radical (unpaired) electrons. The summed E-state index contributed by atoms with van der Waals surface area (Å²) in [6, 6.07) is 11.8. The highest BCUT2D eigenvalue weighted by atomic mass is 19.1. The first-order valence-electron chi connectivity index (χ1n) is 6.81. The van der Waals surface area contributed by atoms with Crippen LogP contribution >= 0.6 is 0 Å². The molecule has 0 heterocycles. The van der Waals surface area contributed by atoms with Gasteiger partial charge >= 0.3 is 0 Å². The van der Waals surface area contributed by atoms with Crippen LogP contribution in [-0.4, -0.2) is 19.1 Å². The Morgan fingerprint density at radius 3 is 2.43 bits per heavy atom. The van der Waals surface area contributed by atoms with Crippen LogP contribution in [0.2, 0.25) is 0 Å². The number of halogens is 1. The van der Waals surface area contributed by atoms with Crippen molar-refractivity contribution in [1.29, 1.82) is 0 Å². The fraction of sp³-hybridized carbons (Fsp3) is 0.235. The van der Waals surface area contributed by atoms with Crippen LogP contribution in [0.4, 0.5) is 4.39 Å². The minimum absolute atomic E-state index is 0.0459. The van der Waals surface area contributed by atoms with E-state index in [1.54, 1.807) is 12.1 Å². The molecule has 0 aromatic heterocycles. The maximum Gasteiger partial charge on any atom is 0.254 e. The first-order chi connectivity index (χ1) is 10.1. The number of aryl methyl sites for hydroxylation is 2. The van der Waals surface area contributed by atoms with Crippen LogP contribution in [0.3, 0.4) is 0 Å². The Hall–Kier alpha value is -2.36. The second-order valence-electron chi connectivity index (χ2n) is 4.81. The predicted octanol–water partition coefficient (Wildman–Crippen LogP) is 3.25. The number of para-hydroxylation sites is 1. The van der Waals surface area contributed by atoms with E-state index in [4.69, 9.17) is 4.74 Å². The molecule has 0 saturated heterocycles. The van der Waals surface area contributed by atoms with E-state index in [0.717, 1.165) is 16.9 Å². The molecule has 0 aliphatic rings. The van der Waals surface area contributed by atoms with E-state index < -0.39 is 11.7 Å². The minimum atomic E-state index is -0.523. The number of amides is 1. The molecule has 1 N–H and O–H groups in total. The molecule has 4 heteroatoms. The lowest BCUT2D eigenvalue weighted by molar-refractivity contribution is 0.0943. The SMILES string of the molecule is Cc1cccc(C)c1OCCNC(=O)c1ccccc1F. The summed E-state index contributed by atoms with van der Waals surface area (Å²) >= 11 is 0. The van der Waals surface area contributed by atoms with E-state index in [1.165, 1.54) is 12.1 Å². The van der Waals surface area contributed by atoms with Gasteiger partial charge in [0.2, 0.25) is 0 Å². The third-order valence-electron chi connectivity index (χ3n) is 3.16. The van der Waals surface area contributed by atoms with Crippen molar-refractivity contribution < 1.29 is 13.9 Å². The molecule has 2 aromatic rings. The number of benzene rings is 2. The summed E-state index contributed by atoms with van der Waals surface area (Å²) in [5.74, 6) is -0.124. The van der Waals surface area contributed by atoms with Crippen LogP contribution in [0.15, 0.2) is 42.5 Å². The molecule has 1 amide bonds. The molecule has 110 valence electrons. The highest BCUT2D eigenvalue weighted by Gasteiger charge is 2.10. The zero-order valence-corrected chi connectivity index (χ0v) is 12.2. The molecule has 3 nitrogen and oxygen atoms in total. The van der Waals surface area contributed by atoms with Crippen LogP contribution < -0.4 is 10.1 Å². The van der Waals surface area contributed by atoms with Crippen LogP contribution in [0.1, 0.15) is 21.5 Å². The largest absolute Gasteiger partial charge is 0.491 e. The lowest BCUT2D eigenvalue weighted by Gasteiger charge is -2.12. The van der Waals surface area contributed by atoms with Crippen molar-refractivity contribution in [2.45, 2.75) is 13.8 Å². The lowest BCUT2D eigenvalue weighted by atomic mass is 10.1. The molecule has 0 aliphatic carbocycles. The normalized spacial score (nSPS) is 10.2. The number of hydrogen-bond acceptors (Lipinski definition) is 2. The fourth-order valence-electron chi connectivity index (χ4n) is 2.09. The molecule has 0 aliphatic heterocycles. The fourth-order valence-corrected chi connectivity index (χ4v) is 2.09. The van der Waals surface area contributed by atoms with Gasteiger partial charge in [0.25, 0.3) is 5.91 Å². The Labute approximate surface area is 123 Å². The molecule has 0 bridgehead atoms. The number of nitrogens with one attached hydrogen (secondary N) is 1. The first-order valence-corrected chi connectivity index (χ1v) is 6.81. The van der Waals surface area contributed by atoms with Gasteiger partial charge in [-0.3, -0.25) is 4.79 Å². The summed E-state index contributed by atoms with van der Waals surface area (Å²) in [6.07, 6.45) is 0. The zero-order valence-electron chi connectivity index (χ0n) is 12.2. The van der Waals surface area contributed by atoms with E-state index in [0.29, 0.717) is 13.2 Å². The maximum atomic E-state index is 13.4. The molecule has 0 unspecified atom stereocenters. The molecule has 0 atom stereocenters. The minimum Gasteiger partial charge on any atom is -0.491 e. The van der Waals surface area contributed by atoms with Crippen molar-refractivity contribution in [1.82, 2.24) is 5.32 Å². The summed E-state index contributed by atoms with van der Waals surface area (Å²) in [4.78, 5) is 11.8. The number of carbonyl (C=O) groups excluding carboxylic acids is 1. The molecule has 2 rings (SSSR count). The van der Waals surface area contributed by atoms with Gasteiger partial charge in [-0.05, 0) is 37.1 Å². The van der Waals surface area contributed by atoms with Crippen LogP contribution in [0, 0.1) is 19.7 Å². The molecule has 2 aromatic carbocycles. The standard InChI is InChI=1S/C17H18FNO2/c1-12-6-5-7-13(2)16(12)21-11-10-19-17(20)14-8-3-4-9-15(14)18/h3-9H,10-11H2,1-2H3,(H,19,20). The lowest BCUT2D eigenvalue weighted by Crippen LogP contribution is -2.28. The quantitative estimate of drug-likeness (QED) is 0.857. The van der Waals surface area contributed by atoms with Crippen molar-refractivity contribution in [3.8, 4) is 5.75 Å². The second-order valence-corrected chi connectivity index (χ2v) is 4.81. The maximum absolute atomic E-state index is 13.4. The van der Waals surface area contributed by atoms with Crippen molar-refractivity contribution >= 4 is 5.91 Å². The Balaban J connectivity index is 1.85.